The van der Waals surface area contributed by atoms with E-state index in [4.69, 9.17) is 0 Å². The molecule has 0 N–H and O–H groups in total. The molecular formula is C63H44N2. The normalized spacial score (nSPS) is 13.1. The van der Waals surface area contributed by atoms with Gasteiger partial charge < -0.3 is 9.13 Å². The first-order chi connectivity index (χ1) is 32.0. The molecule has 0 bridgehead atoms. The molecular weight excluding hydrogens is 785 g/mol. The highest BCUT2D eigenvalue weighted by Crippen LogP contribution is 2.50. The van der Waals surface area contributed by atoms with Gasteiger partial charge in [0.15, 0.2) is 0 Å². The number of nitrogens with zero attached hydrogens (tertiary/aromatic N) is 2. The Labute approximate surface area is 378 Å². The maximum atomic E-state index is 2.44. The number of benzene rings is 10. The molecule has 0 saturated heterocycles. The molecule has 0 atom stereocenters. The summed E-state index contributed by atoms with van der Waals surface area (Å²) in [6, 6.07) is 80.5. The molecule has 0 amide bonds. The number of hydrogen-bond acceptors (Lipinski definition) is 0. The lowest BCUT2D eigenvalue weighted by molar-refractivity contribution is 0.660. The Hall–Kier alpha value is -8.20. The molecule has 2 heteroatoms. The summed E-state index contributed by atoms with van der Waals surface area (Å²) in [4.78, 5) is 0. The zero-order valence-corrected chi connectivity index (χ0v) is 36.3. The summed E-state index contributed by atoms with van der Waals surface area (Å²) in [6.07, 6.45) is 4.50. The van der Waals surface area contributed by atoms with E-state index in [9.17, 15) is 0 Å². The fourth-order valence-corrected chi connectivity index (χ4v) is 10.8. The molecule has 13 rings (SSSR count). The van der Waals surface area contributed by atoms with Crippen LogP contribution in [0.25, 0.3) is 111 Å². The fourth-order valence-electron chi connectivity index (χ4n) is 10.8. The summed E-state index contributed by atoms with van der Waals surface area (Å²) in [6.45, 7) is 4.76. The van der Waals surface area contributed by atoms with Crippen LogP contribution >= 0.6 is 0 Å². The smallest absolute Gasteiger partial charge is 0.0541 e. The first kappa shape index (κ1) is 37.4. The lowest BCUT2D eigenvalue weighted by Gasteiger charge is -2.22. The van der Waals surface area contributed by atoms with E-state index in [1.807, 2.05) is 0 Å². The molecule has 1 aliphatic rings. The molecule has 0 spiro atoms. The minimum atomic E-state index is -0.142. The van der Waals surface area contributed by atoms with Crippen molar-refractivity contribution in [3.05, 3.63) is 241 Å². The lowest BCUT2D eigenvalue weighted by atomic mass is 9.81. The SMILES string of the molecule is CC1(C)c2cc(C=Cc3ccc(-c4ccc5c(c4)c4ccccc4n5-c4ccccc4)cc3)ccc2-c2ccc(-c3ccc4c(c3)c3ccccc3n4-c3ccc4ccccc4c3)cc21. The molecule has 0 saturated carbocycles. The van der Waals surface area contributed by atoms with Gasteiger partial charge in [0.2, 0.25) is 0 Å². The number of aromatic nitrogens is 2. The summed E-state index contributed by atoms with van der Waals surface area (Å²) < 4.78 is 4.78. The molecule has 0 aliphatic heterocycles. The van der Waals surface area contributed by atoms with Gasteiger partial charge in [-0.1, -0.05) is 178 Å². The van der Waals surface area contributed by atoms with E-state index < -0.39 is 0 Å². The van der Waals surface area contributed by atoms with Gasteiger partial charge in [0.25, 0.3) is 0 Å². The van der Waals surface area contributed by atoms with E-state index in [0.29, 0.717) is 0 Å². The Bertz CT molecular complexity index is 3890. The Morgan fingerprint density at radius 3 is 1.52 bits per heavy atom. The molecule has 2 heterocycles. The summed E-state index contributed by atoms with van der Waals surface area (Å²) in [5.41, 5.74) is 19.8. The fraction of sp³-hybridized carbons (Fsp3) is 0.0476. The third-order valence-electron chi connectivity index (χ3n) is 14.1. The molecule has 2 nitrogen and oxygen atoms in total. The topological polar surface area (TPSA) is 9.86 Å². The quantitative estimate of drug-likeness (QED) is 0.148. The van der Waals surface area contributed by atoms with Crippen LogP contribution in [0.3, 0.4) is 0 Å². The second-order valence-electron chi connectivity index (χ2n) is 18.2. The molecule has 0 radical (unpaired) electrons. The average Bonchev–Trinajstić information content (AvgIpc) is 3.95. The highest BCUT2D eigenvalue weighted by atomic mass is 15.0. The average molecular weight is 829 g/mol. The van der Waals surface area contributed by atoms with E-state index in [0.717, 1.165) is 0 Å². The predicted octanol–water partition coefficient (Wildman–Crippen LogP) is 16.8. The summed E-state index contributed by atoms with van der Waals surface area (Å²) in [7, 11) is 0. The van der Waals surface area contributed by atoms with E-state index in [2.05, 4.69) is 254 Å². The van der Waals surface area contributed by atoms with Gasteiger partial charge in [0, 0.05) is 38.3 Å². The van der Waals surface area contributed by atoms with E-state index in [1.165, 1.54) is 121 Å². The van der Waals surface area contributed by atoms with Crippen LogP contribution < -0.4 is 0 Å². The van der Waals surface area contributed by atoms with Crippen LogP contribution in [0.1, 0.15) is 36.1 Å². The van der Waals surface area contributed by atoms with Crippen molar-refractivity contribution in [1.29, 1.82) is 0 Å². The van der Waals surface area contributed by atoms with Crippen molar-refractivity contribution in [3.8, 4) is 44.8 Å². The maximum Gasteiger partial charge on any atom is 0.0541 e. The molecule has 1 aliphatic carbocycles. The van der Waals surface area contributed by atoms with Crippen LogP contribution in [0.4, 0.5) is 0 Å². The van der Waals surface area contributed by atoms with Crippen molar-refractivity contribution in [2.45, 2.75) is 19.3 Å². The molecule has 2 aromatic heterocycles. The molecule has 12 aromatic rings. The van der Waals surface area contributed by atoms with E-state index in [-0.39, 0.29) is 5.41 Å². The molecule has 65 heavy (non-hydrogen) atoms. The van der Waals surface area contributed by atoms with Crippen LogP contribution in [0.2, 0.25) is 0 Å². The van der Waals surface area contributed by atoms with Gasteiger partial charge in [-0.25, -0.2) is 0 Å². The molecule has 306 valence electrons. The van der Waals surface area contributed by atoms with Crippen LogP contribution in [-0.2, 0) is 5.41 Å². The van der Waals surface area contributed by atoms with Gasteiger partial charge in [0.05, 0.1) is 22.1 Å². The van der Waals surface area contributed by atoms with Crippen LogP contribution in [0.15, 0.2) is 218 Å². The highest BCUT2D eigenvalue weighted by Gasteiger charge is 2.35. The van der Waals surface area contributed by atoms with Crippen molar-refractivity contribution in [3.63, 3.8) is 0 Å². The minimum absolute atomic E-state index is 0.142. The number of rotatable bonds is 6. The standard InChI is InChI=1S/C63H44N2/c1-63(2)57-36-42(21-20-41-22-25-44(26-23-41)46-29-34-61-55(38-46)53-16-8-10-18-59(53)64(61)49-14-4-3-5-15-49)24-32-51(57)52-33-28-48(40-58(52)63)47-30-35-62-56(39-47)54-17-9-11-19-60(54)65(62)50-31-27-43-12-6-7-13-45(43)37-50/h3-40H,1-2H3. The van der Waals surface area contributed by atoms with Gasteiger partial charge in [-0.05, 0) is 133 Å². The summed E-state index contributed by atoms with van der Waals surface area (Å²) >= 11 is 0. The van der Waals surface area contributed by atoms with E-state index in [1.54, 1.807) is 0 Å². The lowest BCUT2D eigenvalue weighted by Crippen LogP contribution is -2.15. The van der Waals surface area contributed by atoms with Crippen molar-refractivity contribution in [1.82, 2.24) is 9.13 Å². The van der Waals surface area contributed by atoms with Gasteiger partial charge >= 0.3 is 0 Å². The first-order valence-corrected chi connectivity index (χ1v) is 22.7. The third-order valence-corrected chi connectivity index (χ3v) is 14.1. The number of para-hydroxylation sites is 3. The maximum absolute atomic E-state index is 2.44. The van der Waals surface area contributed by atoms with Crippen LogP contribution in [-0.4, -0.2) is 9.13 Å². The van der Waals surface area contributed by atoms with Crippen LogP contribution in [0.5, 0.6) is 0 Å². The Balaban J connectivity index is 0.782. The van der Waals surface area contributed by atoms with Crippen molar-refractivity contribution in [2.75, 3.05) is 0 Å². The predicted molar refractivity (Wildman–Crippen MR) is 276 cm³/mol. The summed E-state index contributed by atoms with van der Waals surface area (Å²) in [5, 5.41) is 7.57. The third kappa shape index (κ3) is 5.95. The Kier molecular flexibility index (Phi) is 8.29. The van der Waals surface area contributed by atoms with Gasteiger partial charge in [-0.3, -0.25) is 0 Å². The Morgan fingerprint density at radius 2 is 0.815 bits per heavy atom. The zero-order chi connectivity index (χ0) is 43.2. The highest BCUT2D eigenvalue weighted by molar-refractivity contribution is 6.12. The van der Waals surface area contributed by atoms with Crippen molar-refractivity contribution in [2.24, 2.45) is 0 Å². The van der Waals surface area contributed by atoms with Gasteiger partial charge in [-0.2, -0.15) is 0 Å². The summed E-state index contributed by atoms with van der Waals surface area (Å²) in [5.74, 6) is 0. The minimum Gasteiger partial charge on any atom is -0.309 e. The van der Waals surface area contributed by atoms with E-state index >= 15 is 0 Å². The largest absolute Gasteiger partial charge is 0.309 e. The Morgan fingerprint density at radius 1 is 0.323 bits per heavy atom. The second-order valence-corrected chi connectivity index (χ2v) is 18.2. The second kappa shape index (κ2) is 14.4. The number of fused-ring (bicyclic) bond motifs is 10. The van der Waals surface area contributed by atoms with Gasteiger partial charge in [-0.15, -0.1) is 0 Å². The van der Waals surface area contributed by atoms with Gasteiger partial charge in [0.1, 0.15) is 0 Å². The monoisotopic (exact) mass is 828 g/mol. The first-order valence-electron chi connectivity index (χ1n) is 22.7. The molecule has 0 unspecified atom stereocenters. The molecule has 10 aromatic carbocycles. The number of hydrogen-bond donors (Lipinski definition) is 0. The molecule has 0 fully saturated rings. The van der Waals surface area contributed by atoms with Crippen molar-refractivity contribution >= 4 is 66.5 Å². The zero-order valence-electron chi connectivity index (χ0n) is 36.3. The van der Waals surface area contributed by atoms with Crippen molar-refractivity contribution < 1.29 is 0 Å². The van der Waals surface area contributed by atoms with Crippen LogP contribution in [0, 0.1) is 0 Å².